The second kappa shape index (κ2) is 10.4. The second-order valence-electron chi connectivity index (χ2n) is 10.9. The molecule has 0 aromatic carbocycles. The van der Waals surface area contributed by atoms with Crippen LogP contribution in [0.5, 0.6) is 0 Å². The highest BCUT2D eigenvalue weighted by Crippen LogP contribution is 2.40. The molecule has 3 amide bonds. The highest BCUT2D eigenvalue weighted by Gasteiger charge is 2.60. The van der Waals surface area contributed by atoms with Gasteiger partial charge in [0.05, 0.1) is 37.5 Å². The van der Waals surface area contributed by atoms with Crippen molar-refractivity contribution in [3.63, 3.8) is 0 Å². The molecular formula is C24H39N3O7. The Hall–Kier alpha value is -2.49. The Morgan fingerprint density at radius 2 is 1.74 bits per heavy atom. The van der Waals surface area contributed by atoms with Gasteiger partial charge in [-0.25, -0.2) is 0 Å². The van der Waals surface area contributed by atoms with E-state index in [0.29, 0.717) is 19.4 Å². The molecule has 2 rings (SSSR count). The van der Waals surface area contributed by atoms with E-state index in [-0.39, 0.29) is 49.4 Å². The number of aliphatic hydroxyl groups is 1. The minimum atomic E-state index is -1.07. The first kappa shape index (κ1) is 27.8. The Kier molecular flexibility index (Phi) is 8.50. The first-order valence-corrected chi connectivity index (χ1v) is 11.9. The van der Waals surface area contributed by atoms with Crippen LogP contribution in [0, 0.1) is 17.8 Å². The standard InChI is InChI=1S/C24H39N3O7/c1-14(2)17(11-19(30)34-23(4,5)6)21(32)27-9-7-8-24(27)13-26(22(24)33)12-16(29)10-18(15(3)28)20(25)31/h14-15,17-18,28H,7-13H2,1-6H3,(H2,25,31). The van der Waals surface area contributed by atoms with E-state index < -0.39 is 41.0 Å². The van der Waals surface area contributed by atoms with Crippen LogP contribution < -0.4 is 5.73 Å². The van der Waals surface area contributed by atoms with Gasteiger partial charge in [0, 0.05) is 13.0 Å². The summed E-state index contributed by atoms with van der Waals surface area (Å²) in [6.45, 7) is 10.8. The van der Waals surface area contributed by atoms with E-state index in [0.717, 1.165) is 0 Å². The number of primary amides is 1. The van der Waals surface area contributed by atoms with Crippen molar-refractivity contribution in [3.05, 3.63) is 0 Å². The van der Waals surface area contributed by atoms with Crippen molar-refractivity contribution < 1.29 is 33.8 Å². The van der Waals surface area contributed by atoms with Gasteiger partial charge >= 0.3 is 5.97 Å². The van der Waals surface area contributed by atoms with Gasteiger partial charge in [-0.15, -0.1) is 0 Å². The first-order chi connectivity index (χ1) is 15.6. The summed E-state index contributed by atoms with van der Waals surface area (Å²) in [5.41, 5.74) is 3.60. The molecule has 0 bridgehead atoms. The second-order valence-corrected chi connectivity index (χ2v) is 10.9. The summed E-state index contributed by atoms with van der Waals surface area (Å²) < 4.78 is 5.40. The summed E-state index contributed by atoms with van der Waals surface area (Å²) >= 11 is 0. The SMILES string of the molecule is CC(C)C(CC(=O)OC(C)(C)C)C(=O)N1CCCC12CN(CC(=O)CC(C(N)=O)C(C)O)C2=O. The zero-order chi connectivity index (χ0) is 26.0. The molecule has 10 nitrogen and oxygen atoms in total. The fraction of sp³-hybridized carbons (Fsp3) is 0.792. The predicted octanol–water partition coefficient (Wildman–Crippen LogP) is 0.635. The van der Waals surface area contributed by atoms with Crippen LogP contribution >= 0.6 is 0 Å². The molecule has 0 saturated carbocycles. The molecule has 4 atom stereocenters. The van der Waals surface area contributed by atoms with Crippen molar-refractivity contribution in [1.82, 2.24) is 9.80 Å². The Morgan fingerprint density at radius 3 is 2.21 bits per heavy atom. The molecule has 4 unspecified atom stereocenters. The summed E-state index contributed by atoms with van der Waals surface area (Å²) in [4.78, 5) is 65.8. The summed E-state index contributed by atoms with van der Waals surface area (Å²) in [6.07, 6.45) is -0.234. The van der Waals surface area contributed by atoms with Gasteiger partial charge in [0.15, 0.2) is 5.78 Å². The van der Waals surface area contributed by atoms with Gasteiger partial charge in [0.2, 0.25) is 11.8 Å². The summed E-state index contributed by atoms with van der Waals surface area (Å²) in [7, 11) is 0. The van der Waals surface area contributed by atoms with Gasteiger partial charge in [-0.05, 0) is 46.5 Å². The Bertz CT molecular complexity index is 833. The molecule has 0 aromatic heterocycles. The number of Topliss-reactive ketones (excluding diaryl/α,β-unsaturated/α-hetero) is 1. The lowest BCUT2D eigenvalue weighted by atomic mass is 9.83. The van der Waals surface area contributed by atoms with Gasteiger partial charge in [-0.2, -0.15) is 0 Å². The van der Waals surface area contributed by atoms with Crippen molar-refractivity contribution in [2.45, 2.75) is 84.5 Å². The van der Waals surface area contributed by atoms with Crippen LogP contribution in [0.2, 0.25) is 0 Å². The van der Waals surface area contributed by atoms with Crippen molar-refractivity contribution >= 4 is 29.5 Å². The number of carbonyl (C=O) groups excluding carboxylic acids is 5. The third kappa shape index (κ3) is 6.14. The molecule has 192 valence electrons. The average molecular weight is 482 g/mol. The quantitative estimate of drug-likeness (QED) is 0.344. The van der Waals surface area contributed by atoms with Crippen LogP contribution in [0.4, 0.5) is 0 Å². The number of nitrogens with two attached hydrogens (primary N) is 1. The third-order valence-electron chi connectivity index (χ3n) is 6.58. The molecule has 2 aliphatic heterocycles. The van der Waals surface area contributed by atoms with Crippen molar-refractivity contribution in [2.24, 2.45) is 23.5 Å². The zero-order valence-electron chi connectivity index (χ0n) is 21.1. The molecule has 1 spiro atoms. The molecule has 0 aromatic rings. The number of rotatable bonds is 10. The number of hydrogen-bond acceptors (Lipinski definition) is 7. The molecule has 0 aliphatic carbocycles. The molecule has 34 heavy (non-hydrogen) atoms. The van der Waals surface area contributed by atoms with Crippen LogP contribution in [0.3, 0.4) is 0 Å². The summed E-state index contributed by atoms with van der Waals surface area (Å²) in [5, 5.41) is 9.66. The number of likely N-dealkylation sites (tertiary alicyclic amines) is 2. The highest BCUT2D eigenvalue weighted by atomic mass is 16.6. The molecule has 2 aliphatic rings. The van der Waals surface area contributed by atoms with E-state index in [1.165, 1.54) is 11.8 Å². The van der Waals surface area contributed by atoms with E-state index in [2.05, 4.69) is 0 Å². The normalized spacial score (nSPS) is 23.0. The maximum Gasteiger partial charge on any atom is 0.307 e. The van der Waals surface area contributed by atoms with E-state index in [1.807, 2.05) is 13.8 Å². The zero-order valence-corrected chi connectivity index (χ0v) is 21.1. The monoisotopic (exact) mass is 481 g/mol. The number of carbonyl (C=O) groups is 5. The average Bonchev–Trinajstić information content (AvgIpc) is 3.13. The lowest BCUT2D eigenvalue weighted by molar-refractivity contribution is -0.172. The summed E-state index contributed by atoms with van der Waals surface area (Å²) in [5.74, 6) is -3.92. The Morgan fingerprint density at radius 1 is 1.12 bits per heavy atom. The number of amides is 3. The maximum absolute atomic E-state index is 13.5. The molecule has 10 heteroatoms. The van der Waals surface area contributed by atoms with Gasteiger partial charge in [-0.1, -0.05) is 13.8 Å². The van der Waals surface area contributed by atoms with Crippen molar-refractivity contribution in [1.29, 1.82) is 0 Å². The van der Waals surface area contributed by atoms with E-state index in [9.17, 15) is 29.1 Å². The third-order valence-corrected chi connectivity index (χ3v) is 6.58. The van der Waals surface area contributed by atoms with Crippen LogP contribution in [0.25, 0.3) is 0 Å². The fourth-order valence-corrected chi connectivity index (χ4v) is 4.78. The Balaban J connectivity index is 2.07. The number of esters is 1. The van der Waals surface area contributed by atoms with Gasteiger partial charge in [-0.3, -0.25) is 24.0 Å². The predicted molar refractivity (Wildman–Crippen MR) is 123 cm³/mol. The highest BCUT2D eigenvalue weighted by molar-refractivity contribution is 6.00. The number of ether oxygens (including phenoxy) is 1. The van der Waals surface area contributed by atoms with E-state index in [4.69, 9.17) is 10.5 Å². The van der Waals surface area contributed by atoms with Crippen LogP contribution in [-0.4, -0.2) is 81.3 Å². The molecule has 3 N–H and O–H groups in total. The number of ketones is 1. The lowest BCUT2D eigenvalue weighted by Crippen LogP contribution is -2.73. The smallest absolute Gasteiger partial charge is 0.307 e. The summed E-state index contributed by atoms with van der Waals surface area (Å²) in [6, 6.07) is 0. The minimum Gasteiger partial charge on any atom is -0.460 e. The van der Waals surface area contributed by atoms with Crippen molar-refractivity contribution in [3.8, 4) is 0 Å². The number of nitrogens with zero attached hydrogens (tertiary/aromatic N) is 2. The molecule has 0 radical (unpaired) electrons. The molecular weight excluding hydrogens is 442 g/mol. The first-order valence-electron chi connectivity index (χ1n) is 11.9. The number of aliphatic hydroxyl groups excluding tert-OH is 1. The van der Waals surface area contributed by atoms with Crippen molar-refractivity contribution in [2.75, 3.05) is 19.6 Å². The maximum atomic E-state index is 13.5. The van der Waals surface area contributed by atoms with Crippen LogP contribution in [0.1, 0.15) is 67.2 Å². The molecule has 2 heterocycles. The van der Waals surface area contributed by atoms with Gasteiger partial charge < -0.3 is 25.4 Å². The van der Waals surface area contributed by atoms with Gasteiger partial charge in [0.1, 0.15) is 11.1 Å². The number of hydrogen-bond donors (Lipinski definition) is 2. The molecule has 2 fully saturated rings. The lowest BCUT2D eigenvalue weighted by Gasteiger charge is -2.51. The molecule has 2 saturated heterocycles. The van der Waals surface area contributed by atoms with Gasteiger partial charge in [0.25, 0.3) is 5.91 Å². The number of β-lactam (4-membered cyclic amide) rings is 1. The Labute approximate surface area is 201 Å². The van der Waals surface area contributed by atoms with Crippen LogP contribution in [0.15, 0.2) is 0 Å². The fourth-order valence-electron chi connectivity index (χ4n) is 4.78. The van der Waals surface area contributed by atoms with E-state index >= 15 is 0 Å². The van der Waals surface area contributed by atoms with E-state index in [1.54, 1.807) is 25.7 Å². The largest absolute Gasteiger partial charge is 0.460 e. The minimum absolute atomic E-state index is 0.0649. The topological polar surface area (TPSA) is 147 Å². The van der Waals surface area contributed by atoms with Crippen LogP contribution in [-0.2, 0) is 28.7 Å².